The lowest BCUT2D eigenvalue weighted by molar-refractivity contribution is 0.0961. The number of rotatable bonds is 1. The summed E-state index contributed by atoms with van der Waals surface area (Å²) in [7, 11) is 3.31. The van der Waals surface area contributed by atoms with Crippen molar-refractivity contribution in [2.24, 2.45) is 0 Å². The molecular weight excluding hydrogens is 366 g/mol. The predicted octanol–water partition coefficient (Wildman–Crippen LogP) is 6.41. The molecule has 0 bridgehead atoms. The van der Waals surface area contributed by atoms with Crippen LogP contribution in [0.1, 0.15) is 34.6 Å². The average Bonchev–Trinajstić information content (AvgIpc) is 2.99. The Labute approximate surface area is 159 Å². The van der Waals surface area contributed by atoms with Gasteiger partial charge in [-0.3, -0.25) is 9.69 Å². The zero-order chi connectivity index (χ0) is 17.8. The van der Waals surface area contributed by atoms with E-state index in [1.165, 1.54) is 4.88 Å². The number of para-hydroxylation sites is 1. The van der Waals surface area contributed by atoms with Gasteiger partial charge in [-0.25, -0.2) is 0 Å². The lowest BCUT2D eigenvalue weighted by Crippen LogP contribution is -2.48. The normalized spacial score (nSPS) is 14.8. The SMILES string of the molecule is Cc1cccc2c1N(C(=O)c1ccccc1)C(C)(C)c1ssc(=S)c1-2. The summed E-state index contributed by atoms with van der Waals surface area (Å²) in [5.41, 5.74) is 4.52. The first kappa shape index (κ1) is 16.6. The highest BCUT2D eigenvalue weighted by Gasteiger charge is 2.43. The standard InChI is InChI=1S/C20H17NOS3/c1-12-8-7-11-14-15-17(24-25-19(15)23)20(2,3)21(16(12)14)18(22)13-9-5-4-6-10-13/h4-11H,1-3H3. The van der Waals surface area contributed by atoms with Crippen LogP contribution in [0.25, 0.3) is 11.1 Å². The van der Waals surface area contributed by atoms with Crippen LogP contribution >= 0.6 is 32.9 Å². The van der Waals surface area contributed by atoms with Gasteiger partial charge in [0.1, 0.15) is 3.82 Å². The van der Waals surface area contributed by atoms with E-state index in [1.54, 1.807) is 20.7 Å². The second kappa shape index (κ2) is 5.87. The lowest BCUT2D eigenvalue weighted by Gasteiger charge is -2.43. The van der Waals surface area contributed by atoms with Crippen LogP contribution in [0.5, 0.6) is 0 Å². The quantitative estimate of drug-likeness (QED) is 0.357. The first-order valence-corrected chi connectivity index (χ1v) is 10.6. The van der Waals surface area contributed by atoms with Crippen LogP contribution in [0.15, 0.2) is 48.5 Å². The maximum absolute atomic E-state index is 13.5. The Morgan fingerprint density at radius 1 is 1.04 bits per heavy atom. The molecule has 126 valence electrons. The minimum absolute atomic E-state index is 0.0242. The summed E-state index contributed by atoms with van der Waals surface area (Å²) in [6.45, 7) is 6.28. The van der Waals surface area contributed by atoms with Gasteiger partial charge in [0.05, 0.1) is 16.1 Å². The van der Waals surface area contributed by atoms with Gasteiger partial charge in [0, 0.05) is 16.7 Å². The second-order valence-corrected chi connectivity index (χ2v) is 9.51. The molecule has 5 heteroatoms. The fraction of sp³-hybridized carbons (Fsp3) is 0.200. The Morgan fingerprint density at radius 2 is 1.76 bits per heavy atom. The monoisotopic (exact) mass is 383 g/mol. The molecule has 2 heterocycles. The van der Waals surface area contributed by atoms with Crippen LogP contribution in [0, 0.1) is 10.7 Å². The maximum Gasteiger partial charge on any atom is 0.259 e. The molecule has 0 unspecified atom stereocenters. The third-order valence-electron chi connectivity index (χ3n) is 4.70. The molecule has 0 spiro atoms. The van der Waals surface area contributed by atoms with Crippen molar-refractivity contribution in [2.75, 3.05) is 4.90 Å². The Hall–Kier alpha value is -1.82. The maximum atomic E-state index is 13.5. The Morgan fingerprint density at radius 3 is 2.48 bits per heavy atom. The van der Waals surface area contributed by atoms with Crippen molar-refractivity contribution < 1.29 is 4.79 Å². The van der Waals surface area contributed by atoms with E-state index in [-0.39, 0.29) is 5.91 Å². The highest BCUT2D eigenvalue weighted by molar-refractivity contribution is 7.80. The zero-order valence-electron chi connectivity index (χ0n) is 14.2. The molecule has 2 nitrogen and oxygen atoms in total. The van der Waals surface area contributed by atoms with Gasteiger partial charge in [0.15, 0.2) is 0 Å². The van der Waals surface area contributed by atoms with E-state index in [0.717, 1.165) is 26.2 Å². The van der Waals surface area contributed by atoms with Crippen LogP contribution in [0.4, 0.5) is 5.69 Å². The summed E-state index contributed by atoms with van der Waals surface area (Å²) in [5.74, 6) is 0.0242. The number of nitrogens with zero attached hydrogens (tertiary/aromatic N) is 1. The highest BCUT2D eigenvalue weighted by Crippen LogP contribution is 2.53. The molecule has 1 aliphatic heterocycles. The van der Waals surface area contributed by atoms with Crippen molar-refractivity contribution in [3.05, 3.63) is 68.4 Å². The van der Waals surface area contributed by atoms with E-state index < -0.39 is 5.54 Å². The van der Waals surface area contributed by atoms with Gasteiger partial charge in [-0.2, -0.15) is 0 Å². The van der Waals surface area contributed by atoms with Crippen molar-refractivity contribution in [1.29, 1.82) is 0 Å². The van der Waals surface area contributed by atoms with Gasteiger partial charge in [-0.1, -0.05) is 69.3 Å². The summed E-state index contributed by atoms with van der Waals surface area (Å²) in [6, 6.07) is 15.7. The molecule has 25 heavy (non-hydrogen) atoms. The molecule has 3 aromatic rings. The van der Waals surface area contributed by atoms with Crippen molar-refractivity contribution in [3.63, 3.8) is 0 Å². The van der Waals surface area contributed by atoms with Crippen molar-refractivity contribution in [2.45, 2.75) is 26.3 Å². The number of carbonyl (C=O) groups is 1. The molecular formula is C20H17NOS3. The van der Waals surface area contributed by atoms with Gasteiger partial charge in [0.2, 0.25) is 0 Å². The number of fused-ring (bicyclic) bond motifs is 3. The van der Waals surface area contributed by atoms with E-state index in [1.807, 2.05) is 41.3 Å². The first-order valence-electron chi connectivity index (χ1n) is 8.06. The van der Waals surface area contributed by atoms with Crippen LogP contribution in [0.2, 0.25) is 0 Å². The largest absolute Gasteiger partial charge is 0.297 e. The summed E-state index contributed by atoms with van der Waals surface area (Å²) >= 11 is 5.62. The van der Waals surface area contributed by atoms with Crippen LogP contribution < -0.4 is 4.90 Å². The van der Waals surface area contributed by atoms with Gasteiger partial charge < -0.3 is 0 Å². The number of hydrogen-bond acceptors (Lipinski definition) is 4. The number of benzene rings is 2. The van der Waals surface area contributed by atoms with E-state index in [9.17, 15) is 4.79 Å². The fourth-order valence-electron chi connectivity index (χ4n) is 3.50. The summed E-state index contributed by atoms with van der Waals surface area (Å²) < 4.78 is 0.909. The molecule has 0 N–H and O–H groups in total. The van der Waals surface area contributed by atoms with Gasteiger partial charge in [0.25, 0.3) is 5.91 Å². The zero-order valence-corrected chi connectivity index (χ0v) is 16.6. The number of carbonyl (C=O) groups excluding carboxylic acids is 1. The summed E-state index contributed by atoms with van der Waals surface area (Å²) in [5, 5.41) is 0. The highest BCUT2D eigenvalue weighted by atomic mass is 32.9. The molecule has 0 saturated carbocycles. The third kappa shape index (κ3) is 2.41. The van der Waals surface area contributed by atoms with Gasteiger partial charge >= 0.3 is 0 Å². The van der Waals surface area contributed by atoms with Crippen molar-refractivity contribution in [3.8, 4) is 11.1 Å². The molecule has 0 fully saturated rings. The molecule has 1 aliphatic rings. The van der Waals surface area contributed by atoms with Crippen molar-refractivity contribution in [1.82, 2.24) is 0 Å². The van der Waals surface area contributed by atoms with E-state index in [2.05, 4.69) is 32.9 Å². The topological polar surface area (TPSA) is 20.3 Å². The molecule has 0 atom stereocenters. The Balaban J connectivity index is 2.03. The minimum atomic E-state index is -0.445. The number of anilines is 1. The number of aryl methyl sites for hydroxylation is 1. The molecule has 0 saturated heterocycles. The van der Waals surface area contributed by atoms with Crippen LogP contribution in [-0.4, -0.2) is 5.91 Å². The van der Waals surface area contributed by atoms with Gasteiger partial charge in [-0.15, -0.1) is 0 Å². The van der Waals surface area contributed by atoms with Crippen molar-refractivity contribution >= 4 is 44.5 Å². The first-order chi connectivity index (χ1) is 11.9. The second-order valence-electron chi connectivity index (χ2n) is 6.69. The molecule has 0 radical (unpaired) electrons. The molecule has 1 aromatic heterocycles. The lowest BCUT2D eigenvalue weighted by atomic mass is 9.85. The fourth-order valence-corrected chi connectivity index (χ4v) is 6.78. The summed E-state index contributed by atoms with van der Waals surface area (Å²) in [4.78, 5) is 16.6. The third-order valence-corrected chi connectivity index (χ3v) is 8.03. The van der Waals surface area contributed by atoms with Gasteiger partial charge in [-0.05, 0) is 38.5 Å². The molecule has 0 aliphatic carbocycles. The smallest absolute Gasteiger partial charge is 0.259 e. The molecule has 2 aromatic carbocycles. The number of amides is 1. The summed E-state index contributed by atoms with van der Waals surface area (Å²) in [6.07, 6.45) is 0. The molecule has 1 amide bonds. The van der Waals surface area contributed by atoms with E-state index in [0.29, 0.717) is 5.56 Å². The Bertz CT molecular complexity index is 1030. The van der Waals surface area contributed by atoms with Crippen LogP contribution in [0.3, 0.4) is 0 Å². The van der Waals surface area contributed by atoms with Crippen LogP contribution in [-0.2, 0) is 5.54 Å². The molecule has 4 rings (SSSR count). The number of hydrogen-bond donors (Lipinski definition) is 0. The predicted molar refractivity (Wildman–Crippen MR) is 109 cm³/mol. The van der Waals surface area contributed by atoms with E-state index >= 15 is 0 Å². The minimum Gasteiger partial charge on any atom is -0.297 e. The van der Waals surface area contributed by atoms with E-state index in [4.69, 9.17) is 12.2 Å². The Kier molecular flexibility index (Phi) is 3.90. The average molecular weight is 384 g/mol.